The Kier molecular flexibility index (Phi) is 4.78. The van der Waals surface area contributed by atoms with Crippen LogP contribution in [0.2, 0.25) is 0 Å². The van der Waals surface area contributed by atoms with Crippen molar-refractivity contribution in [1.82, 2.24) is 10.6 Å². The molecular formula is C13H24N2O2S. The van der Waals surface area contributed by atoms with Crippen LogP contribution in [-0.4, -0.2) is 40.8 Å². The average molecular weight is 272 g/mol. The summed E-state index contributed by atoms with van der Waals surface area (Å²) in [5.41, 5.74) is -0.360. The van der Waals surface area contributed by atoms with Crippen molar-refractivity contribution in [3.05, 3.63) is 0 Å². The van der Waals surface area contributed by atoms with Crippen molar-refractivity contribution in [3.63, 3.8) is 0 Å². The number of rotatable bonds is 4. The number of carbonyl (C=O) groups excluding carboxylic acids is 1. The minimum atomic E-state index is -0.360. The van der Waals surface area contributed by atoms with Crippen LogP contribution in [0.5, 0.6) is 0 Å². The summed E-state index contributed by atoms with van der Waals surface area (Å²) in [4.78, 5) is 12.0. The molecule has 5 heteroatoms. The van der Waals surface area contributed by atoms with Crippen LogP contribution in [0.25, 0.3) is 0 Å². The van der Waals surface area contributed by atoms with Crippen molar-refractivity contribution in [2.24, 2.45) is 0 Å². The highest BCUT2D eigenvalue weighted by Crippen LogP contribution is 2.30. The molecule has 3 N–H and O–H groups in total. The molecule has 18 heavy (non-hydrogen) atoms. The molecule has 0 saturated heterocycles. The fourth-order valence-corrected chi connectivity index (χ4v) is 3.92. The molecule has 104 valence electrons. The fourth-order valence-electron chi connectivity index (χ4n) is 3.12. The van der Waals surface area contributed by atoms with E-state index in [4.69, 9.17) is 0 Å². The van der Waals surface area contributed by atoms with Gasteiger partial charge in [0.15, 0.2) is 0 Å². The first-order valence-electron chi connectivity index (χ1n) is 6.90. The molecule has 0 aromatic carbocycles. The molecule has 2 fully saturated rings. The molecule has 2 unspecified atom stereocenters. The first-order valence-corrected chi connectivity index (χ1v) is 8.18. The largest absolute Gasteiger partial charge is 0.394 e. The Morgan fingerprint density at radius 1 is 1.39 bits per heavy atom. The molecule has 0 bridgehead atoms. The molecule has 0 spiro atoms. The second-order valence-electron chi connectivity index (χ2n) is 5.61. The maximum atomic E-state index is 12.0. The van der Waals surface area contributed by atoms with Crippen LogP contribution in [0.4, 0.5) is 4.79 Å². The van der Waals surface area contributed by atoms with Gasteiger partial charge in [0.1, 0.15) is 0 Å². The van der Waals surface area contributed by atoms with Crippen LogP contribution in [0, 0.1) is 0 Å². The van der Waals surface area contributed by atoms with Crippen LogP contribution >= 0.6 is 11.8 Å². The Morgan fingerprint density at radius 2 is 2.11 bits per heavy atom. The molecule has 2 amide bonds. The van der Waals surface area contributed by atoms with Gasteiger partial charge in [0.25, 0.3) is 0 Å². The van der Waals surface area contributed by atoms with E-state index >= 15 is 0 Å². The first-order chi connectivity index (χ1) is 8.67. The summed E-state index contributed by atoms with van der Waals surface area (Å²) in [5, 5.41) is 16.2. The fraction of sp³-hybridized carbons (Fsp3) is 0.923. The van der Waals surface area contributed by atoms with Gasteiger partial charge in [0.2, 0.25) is 0 Å². The van der Waals surface area contributed by atoms with Gasteiger partial charge in [-0.15, -0.1) is 0 Å². The van der Waals surface area contributed by atoms with E-state index in [-0.39, 0.29) is 18.2 Å². The third kappa shape index (κ3) is 3.32. The number of thioether (sulfide) groups is 1. The predicted octanol–water partition coefficient (Wildman–Crippen LogP) is 1.87. The van der Waals surface area contributed by atoms with Crippen LogP contribution in [-0.2, 0) is 0 Å². The SMILES string of the molecule is CSC1CCC(NC(=O)NC2(CO)CCCC2)C1. The average Bonchev–Trinajstić information content (AvgIpc) is 2.99. The molecule has 4 nitrogen and oxygen atoms in total. The van der Waals surface area contributed by atoms with Gasteiger partial charge < -0.3 is 15.7 Å². The second kappa shape index (κ2) is 6.15. The normalized spacial score (nSPS) is 30.3. The quantitative estimate of drug-likeness (QED) is 0.732. The Bertz CT molecular complexity index is 293. The van der Waals surface area contributed by atoms with Gasteiger partial charge in [-0.1, -0.05) is 12.8 Å². The molecule has 0 aromatic rings. The lowest BCUT2D eigenvalue weighted by molar-refractivity contribution is 0.161. The Balaban J connectivity index is 1.78. The maximum Gasteiger partial charge on any atom is 0.315 e. The number of aliphatic hydroxyl groups excluding tert-OH is 1. The summed E-state index contributed by atoms with van der Waals surface area (Å²) < 4.78 is 0. The summed E-state index contributed by atoms with van der Waals surface area (Å²) in [6.45, 7) is 0.0541. The van der Waals surface area contributed by atoms with Crippen molar-refractivity contribution in [2.45, 2.75) is 61.8 Å². The third-order valence-corrected chi connectivity index (χ3v) is 5.39. The number of carbonyl (C=O) groups is 1. The number of hydrogen-bond acceptors (Lipinski definition) is 3. The highest BCUT2D eigenvalue weighted by Gasteiger charge is 2.35. The van der Waals surface area contributed by atoms with E-state index in [9.17, 15) is 9.90 Å². The Labute approximate surface area is 113 Å². The smallest absolute Gasteiger partial charge is 0.315 e. The van der Waals surface area contributed by atoms with Gasteiger partial charge in [-0.25, -0.2) is 4.79 Å². The minimum absolute atomic E-state index is 0.0541. The van der Waals surface area contributed by atoms with Gasteiger partial charge in [-0.05, 0) is 38.4 Å². The number of nitrogens with one attached hydrogen (secondary N) is 2. The minimum Gasteiger partial charge on any atom is -0.394 e. The highest BCUT2D eigenvalue weighted by atomic mass is 32.2. The molecule has 2 atom stereocenters. The van der Waals surface area contributed by atoms with E-state index in [1.54, 1.807) is 0 Å². The lowest BCUT2D eigenvalue weighted by Crippen LogP contribution is -2.54. The van der Waals surface area contributed by atoms with Crippen LogP contribution in [0.3, 0.4) is 0 Å². The summed E-state index contributed by atoms with van der Waals surface area (Å²) in [5.74, 6) is 0. The van der Waals surface area contributed by atoms with Crippen molar-refractivity contribution in [2.75, 3.05) is 12.9 Å². The molecule has 2 rings (SSSR count). The van der Waals surface area contributed by atoms with Gasteiger partial charge >= 0.3 is 6.03 Å². The highest BCUT2D eigenvalue weighted by molar-refractivity contribution is 7.99. The van der Waals surface area contributed by atoms with Crippen LogP contribution < -0.4 is 10.6 Å². The molecule has 2 saturated carbocycles. The molecule has 0 radical (unpaired) electrons. The van der Waals surface area contributed by atoms with E-state index in [1.807, 2.05) is 11.8 Å². The zero-order valence-corrected chi connectivity index (χ0v) is 11.9. The molecule has 2 aliphatic carbocycles. The van der Waals surface area contributed by atoms with Gasteiger partial charge in [0.05, 0.1) is 12.1 Å². The van der Waals surface area contributed by atoms with E-state index in [2.05, 4.69) is 16.9 Å². The van der Waals surface area contributed by atoms with Crippen molar-refractivity contribution >= 4 is 17.8 Å². The van der Waals surface area contributed by atoms with Crippen LogP contribution in [0.1, 0.15) is 44.9 Å². The van der Waals surface area contributed by atoms with Crippen molar-refractivity contribution in [1.29, 1.82) is 0 Å². The van der Waals surface area contributed by atoms with Crippen LogP contribution in [0.15, 0.2) is 0 Å². The molecule has 0 aromatic heterocycles. The molecular weight excluding hydrogens is 248 g/mol. The van der Waals surface area contributed by atoms with E-state index in [0.29, 0.717) is 11.3 Å². The molecule has 0 heterocycles. The van der Waals surface area contributed by atoms with Crippen molar-refractivity contribution in [3.8, 4) is 0 Å². The topological polar surface area (TPSA) is 61.4 Å². The lowest BCUT2D eigenvalue weighted by Gasteiger charge is -2.28. The van der Waals surface area contributed by atoms with Gasteiger partial charge in [-0.3, -0.25) is 0 Å². The van der Waals surface area contributed by atoms with E-state index in [0.717, 1.165) is 38.5 Å². The Hall–Kier alpha value is -0.420. The monoisotopic (exact) mass is 272 g/mol. The summed E-state index contributed by atoms with van der Waals surface area (Å²) in [6.07, 6.45) is 9.46. The molecule has 0 aliphatic heterocycles. The lowest BCUT2D eigenvalue weighted by atomic mass is 9.99. The first kappa shape index (κ1) is 14.0. The van der Waals surface area contributed by atoms with Crippen molar-refractivity contribution < 1.29 is 9.90 Å². The standard InChI is InChI=1S/C13H24N2O2S/c1-18-11-5-4-10(8-11)14-12(17)15-13(9-16)6-2-3-7-13/h10-11,16H,2-9H2,1H3,(H2,14,15,17). The summed E-state index contributed by atoms with van der Waals surface area (Å²) >= 11 is 1.89. The number of amides is 2. The number of aliphatic hydroxyl groups is 1. The number of hydrogen-bond donors (Lipinski definition) is 3. The summed E-state index contributed by atoms with van der Waals surface area (Å²) in [7, 11) is 0. The summed E-state index contributed by atoms with van der Waals surface area (Å²) in [6, 6.07) is 0.206. The second-order valence-corrected chi connectivity index (χ2v) is 6.75. The van der Waals surface area contributed by atoms with E-state index in [1.165, 1.54) is 6.42 Å². The van der Waals surface area contributed by atoms with E-state index < -0.39 is 0 Å². The van der Waals surface area contributed by atoms with Gasteiger partial charge in [0, 0.05) is 11.3 Å². The predicted molar refractivity (Wildman–Crippen MR) is 74.9 cm³/mol. The zero-order valence-electron chi connectivity index (χ0n) is 11.1. The number of urea groups is 1. The van der Waals surface area contributed by atoms with Gasteiger partial charge in [-0.2, -0.15) is 11.8 Å². The Morgan fingerprint density at radius 3 is 2.67 bits per heavy atom. The molecule has 2 aliphatic rings. The third-order valence-electron chi connectivity index (χ3n) is 4.30. The zero-order chi connectivity index (χ0) is 13.0. The maximum absolute atomic E-state index is 12.0.